The molecule has 0 fully saturated rings. The van der Waals surface area contributed by atoms with Crippen LogP contribution in [0.5, 0.6) is 0 Å². The van der Waals surface area contributed by atoms with Gasteiger partial charge in [0, 0.05) is 18.3 Å². The van der Waals surface area contributed by atoms with Crippen molar-refractivity contribution in [1.82, 2.24) is 10.6 Å². The molecule has 3 N–H and O–H groups in total. The molecule has 0 aliphatic heterocycles. The molecule has 0 saturated carbocycles. The van der Waals surface area contributed by atoms with Crippen LogP contribution in [0.3, 0.4) is 0 Å². The summed E-state index contributed by atoms with van der Waals surface area (Å²) in [4.78, 5) is 35.8. The molecule has 0 radical (unpaired) electrons. The fraction of sp³-hybridized carbons (Fsp3) is 0.375. The van der Waals surface area contributed by atoms with Crippen LogP contribution < -0.4 is 16.0 Å². The summed E-state index contributed by atoms with van der Waals surface area (Å²) in [6.45, 7) is 8.01. The summed E-state index contributed by atoms with van der Waals surface area (Å²) >= 11 is 0. The van der Waals surface area contributed by atoms with E-state index in [0.717, 1.165) is 12.0 Å². The lowest BCUT2D eigenvalue weighted by molar-refractivity contribution is -0.119. The van der Waals surface area contributed by atoms with Gasteiger partial charge in [-0.15, -0.1) is 0 Å². The number of carbonyl (C=O) groups is 3. The van der Waals surface area contributed by atoms with E-state index in [0.29, 0.717) is 23.7 Å². The van der Waals surface area contributed by atoms with Gasteiger partial charge >= 0.3 is 12.0 Å². The highest BCUT2D eigenvalue weighted by atomic mass is 16.5. The van der Waals surface area contributed by atoms with Gasteiger partial charge in [-0.3, -0.25) is 4.79 Å². The second-order valence-electron chi connectivity index (χ2n) is 7.73. The van der Waals surface area contributed by atoms with Gasteiger partial charge in [0.2, 0.25) is 0 Å². The molecule has 0 spiro atoms. The summed E-state index contributed by atoms with van der Waals surface area (Å²) in [7, 11) is 0. The largest absolute Gasteiger partial charge is 0.452 e. The van der Waals surface area contributed by atoms with Gasteiger partial charge < -0.3 is 20.7 Å². The Morgan fingerprint density at radius 3 is 2.16 bits per heavy atom. The summed E-state index contributed by atoms with van der Waals surface area (Å²) in [5, 5.41) is 8.19. The van der Waals surface area contributed by atoms with E-state index in [-0.39, 0.29) is 18.7 Å². The van der Waals surface area contributed by atoms with Crippen LogP contribution in [0.15, 0.2) is 48.5 Å². The van der Waals surface area contributed by atoms with Crippen molar-refractivity contribution in [2.45, 2.75) is 52.6 Å². The zero-order valence-corrected chi connectivity index (χ0v) is 18.5. The van der Waals surface area contributed by atoms with Gasteiger partial charge in [-0.1, -0.05) is 38.1 Å². The van der Waals surface area contributed by atoms with Crippen molar-refractivity contribution in [3.05, 3.63) is 65.2 Å². The molecule has 7 nitrogen and oxygen atoms in total. The Morgan fingerprint density at radius 2 is 1.58 bits per heavy atom. The van der Waals surface area contributed by atoms with Crippen molar-refractivity contribution >= 4 is 23.6 Å². The summed E-state index contributed by atoms with van der Waals surface area (Å²) in [6, 6.07) is 14.1. The monoisotopic (exact) mass is 425 g/mol. The molecule has 2 aromatic carbocycles. The highest BCUT2D eigenvalue weighted by molar-refractivity contribution is 5.95. The Kier molecular flexibility index (Phi) is 9.06. The predicted molar refractivity (Wildman–Crippen MR) is 121 cm³/mol. The van der Waals surface area contributed by atoms with Gasteiger partial charge in [0.05, 0.1) is 5.56 Å². The van der Waals surface area contributed by atoms with Crippen molar-refractivity contribution in [2.75, 3.05) is 11.9 Å². The maximum Gasteiger partial charge on any atom is 0.338 e. The number of anilines is 1. The van der Waals surface area contributed by atoms with E-state index in [1.807, 2.05) is 38.1 Å². The topological polar surface area (TPSA) is 96.5 Å². The molecule has 3 amide bonds. The van der Waals surface area contributed by atoms with Crippen molar-refractivity contribution in [3.8, 4) is 0 Å². The lowest BCUT2D eigenvalue weighted by Gasteiger charge is -2.11. The molecule has 0 unspecified atom stereocenters. The molecule has 0 heterocycles. The van der Waals surface area contributed by atoms with Crippen LogP contribution in [-0.4, -0.2) is 30.6 Å². The van der Waals surface area contributed by atoms with Gasteiger partial charge in [-0.25, -0.2) is 9.59 Å². The molecule has 0 aliphatic rings. The molecule has 0 bridgehead atoms. The molecule has 0 saturated heterocycles. The van der Waals surface area contributed by atoms with E-state index in [1.165, 1.54) is 5.56 Å². The standard InChI is InChI=1S/C24H31N3O4/c1-5-17(4)19-10-12-21(13-11-19)27-22(28)15-31-23(29)20-8-6-18(7-9-20)14-25-24(30)26-16(2)3/h6-13,16-17H,5,14-15H2,1-4H3,(H,27,28)(H2,25,26,30)/t17-/m1/s1. The number of hydrogen-bond donors (Lipinski definition) is 3. The van der Waals surface area contributed by atoms with Crippen LogP contribution >= 0.6 is 0 Å². The van der Waals surface area contributed by atoms with E-state index < -0.39 is 11.9 Å². The van der Waals surface area contributed by atoms with Crippen molar-refractivity contribution in [3.63, 3.8) is 0 Å². The molecule has 0 aliphatic carbocycles. The van der Waals surface area contributed by atoms with E-state index in [2.05, 4.69) is 29.8 Å². The Hall–Kier alpha value is -3.35. The summed E-state index contributed by atoms with van der Waals surface area (Å²) < 4.78 is 5.09. The second-order valence-corrected chi connectivity index (χ2v) is 7.73. The first kappa shape index (κ1) is 23.9. The fourth-order valence-corrected chi connectivity index (χ4v) is 2.80. The minimum atomic E-state index is -0.584. The average molecular weight is 426 g/mol. The van der Waals surface area contributed by atoms with E-state index in [9.17, 15) is 14.4 Å². The Balaban J connectivity index is 1.78. The van der Waals surface area contributed by atoms with Gasteiger partial charge in [-0.2, -0.15) is 0 Å². The van der Waals surface area contributed by atoms with Crippen molar-refractivity contribution in [2.24, 2.45) is 0 Å². The molecular formula is C24H31N3O4. The number of ether oxygens (including phenoxy) is 1. The first-order valence-electron chi connectivity index (χ1n) is 10.5. The zero-order valence-electron chi connectivity index (χ0n) is 18.5. The third-order valence-corrected chi connectivity index (χ3v) is 4.77. The number of nitrogens with one attached hydrogen (secondary N) is 3. The van der Waals surface area contributed by atoms with Gasteiger partial charge in [0.25, 0.3) is 5.91 Å². The van der Waals surface area contributed by atoms with Crippen molar-refractivity contribution < 1.29 is 19.1 Å². The van der Waals surface area contributed by atoms with Crippen LogP contribution in [0.25, 0.3) is 0 Å². The smallest absolute Gasteiger partial charge is 0.338 e. The SMILES string of the molecule is CC[C@@H](C)c1ccc(NC(=O)COC(=O)c2ccc(CNC(=O)NC(C)C)cc2)cc1. The minimum absolute atomic E-state index is 0.0541. The predicted octanol–water partition coefficient (Wildman–Crippen LogP) is 4.20. The average Bonchev–Trinajstić information content (AvgIpc) is 2.76. The van der Waals surface area contributed by atoms with E-state index in [1.54, 1.807) is 24.3 Å². The van der Waals surface area contributed by atoms with Gasteiger partial charge in [0.1, 0.15) is 0 Å². The molecule has 2 rings (SSSR count). The first-order chi connectivity index (χ1) is 14.8. The van der Waals surface area contributed by atoms with Crippen LogP contribution in [0.2, 0.25) is 0 Å². The Labute approximate surface area is 183 Å². The zero-order chi connectivity index (χ0) is 22.8. The van der Waals surface area contributed by atoms with Crippen LogP contribution in [0.4, 0.5) is 10.5 Å². The number of urea groups is 1. The first-order valence-corrected chi connectivity index (χ1v) is 10.5. The molecule has 31 heavy (non-hydrogen) atoms. The third-order valence-electron chi connectivity index (χ3n) is 4.77. The molecule has 1 atom stereocenters. The number of benzene rings is 2. The minimum Gasteiger partial charge on any atom is -0.452 e. The molecule has 2 aromatic rings. The number of esters is 1. The highest BCUT2D eigenvalue weighted by Crippen LogP contribution is 2.20. The number of hydrogen-bond acceptors (Lipinski definition) is 4. The van der Waals surface area contributed by atoms with E-state index in [4.69, 9.17) is 4.74 Å². The summed E-state index contributed by atoms with van der Waals surface area (Å²) in [6.07, 6.45) is 1.05. The lowest BCUT2D eigenvalue weighted by Crippen LogP contribution is -2.39. The third kappa shape index (κ3) is 8.12. The van der Waals surface area contributed by atoms with Crippen LogP contribution in [0, 0.1) is 0 Å². The molecule has 7 heteroatoms. The number of amides is 3. The molecule has 0 aromatic heterocycles. The van der Waals surface area contributed by atoms with Gasteiger partial charge in [0.15, 0.2) is 6.61 Å². The highest BCUT2D eigenvalue weighted by Gasteiger charge is 2.11. The molecule has 166 valence electrons. The quantitative estimate of drug-likeness (QED) is 0.525. The van der Waals surface area contributed by atoms with Crippen molar-refractivity contribution in [1.29, 1.82) is 0 Å². The van der Waals surface area contributed by atoms with Gasteiger partial charge in [-0.05, 0) is 61.6 Å². The fourth-order valence-electron chi connectivity index (χ4n) is 2.80. The summed E-state index contributed by atoms with van der Waals surface area (Å²) in [5.74, 6) is -0.522. The maximum absolute atomic E-state index is 12.2. The normalized spacial score (nSPS) is 11.5. The lowest BCUT2D eigenvalue weighted by atomic mass is 9.99. The Morgan fingerprint density at radius 1 is 0.935 bits per heavy atom. The maximum atomic E-state index is 12.2. The summed E-state index contributed by atoms with van der Waals surface area (Å²) in [5.41, 5.74) is 3.05. The molecular weight excluding hydrogens is 394 g/mol. The van der Waals surface area contributed by atoms with Crippen LogP contribution in [-0.2, 0) is 16.1 Å². The van der Waals surface area contributed by atoms with Crippen LogP contribution in [0.1, 0.15) is 61.5 Å². The number of carbonyl (C=O) groups excluding carboxylic acids is 3. The van der Waals surface area contributed by atoms with E-state index >= 15 is 0 Å². The number of rotatable bonds is 9. The Bertz CT molecular complexity index is 877. The second kappa shape index (κ2) is 11.7.